The van der Waals surface area contributed by atoms with Crippen molar-refractivity contribution in [3.8, 4) is 0 Å². The van der Waals surface area contributed by atoms with Crippen LogP contribution >= 0.6 is 0 Å². The fourth-order valence-corrected chi connectivity index (χ4v) is 2.50. The Bertz CT molecular complexity index is 703. The van der Waals surface area contributed by atoms with Gasteiger partial charge >= 0.3 is 12.3 Å². The van der Waals surface area contributed by atoms with Crippen LogP contribution in [0.25, 0.3) is 0 Å². The summed E-state index contributed by atoms with van der Waals surface area (Å²) in [5.74, 6) is 0. The molecule has 0 radical (unpaired) electrons. The lowest BCUT2D eigenvalue weighted by molar-refractivity contribution is -0.385. The molecule has 1 aromatic rings. The Balaban J connectivity index is 3.61. The van der Waals surface area contributed by atoms with Crippen LogP contribution in [0.5, 0.6) is 0 Å². The average Bonchev–Trinajstić information content (AvgIpc) is 2.42. The number of hydrogen-bond donors (Lipinski definition) is 1. The molecule has 0 saturated heterocycles. The quantitative estimate of drug-likeness (QED) is 0.599. The van der Waals surface area contributed by atoms with Gasteiger partial charge in [0, 0.05) is 36.8 Å². The molecule has 0 heterocycles. The van der Waals surface area contributed by atoms with E-state index in [0.717, 1.165) is 6.07 Å². The summed E-state index contributed by atoms with van der Waals surface area (Å²) in [5.41, 5.74) is 1.77. The summed E-state index contributed by atoms with van der Waals surface area (Å²) in [6, 6.07) is 1.36. The number of alkyl halides is 3. The minimum absolute atomic E-state index is 0.0109. The number of primary amides is 1. The molecule has 0 atom stereocenters. The maximum Gasteiger partial charge on any atom is 0.418 e. The van der Waals surface area contributed by atoms with Gasteiger partial charge in [0.15, 0.2) is 0 Å². The molecule has 0 fully saturated rings. The smallest absolute Gasteiger partial charge is 0.418 e. The van der Waals surface area contributed by atoms with Gasteiger partial charge in [-0.05, 0) is 33.8 Å². The molecule has 0 aliphatic heterocycles. The van der Waals surface area contributed by atoms with Crippen LogP contribution in [-0.4, -0.2) is 29.7 Å². The second-order valence-corrected chi connectivity index (χ2v) is 6.82. The summed E-state index contributed by atoms with van der Waals surface area (Å²) in [5, 5.41) is 11.3. The van der Waals surface area contributed by atoms with Gasteiger partial charge in [-0.25, -0.2) is 4.79 Å². The van der Waals surface area contributed by atoms with E-state index in [2.05, 4.69) is 0 Å². The number of nitrogens with two attached hydrogens (primary N) is 1. The number of ether oxygens (including phenoxy) is 1. The van der Waals surface area contributed by atoms with E-state index in [9.17, 15) is 28.1 Å². The Kier molecular flexibility index (Phi) is 6.11. The molecular weight excluding hydrogens is 355 g/mol. The van der Waals surface area contributed by atoms with Crippen LogP contribution in [-0.2, 0) is 17.3 Å². The number of carbonyl (C=O) groups excluding carboxylic acids is 1. The van der Waals surface area contributed by atoms with E-state index in [4.69, 9.17) is 10.5 Å². The van der Waals surface area contributed by atoms with E-state index in [1.54, 1.807) is 13.8 Å². The summed E-state index contributed by atoms with van der Waals surface area (Å²) >= 11 is 0. The molecule has 0 bridgehead atoms. The number of rotatable bonds is 6. The van der Waals surface area contributed by atoms with E-state index in [0.29, 0.717) is 6.07 Å². The normalized spacial score (nSPS) is 12.2. The number of halogens is 3. The summed E-state index contributed by atoms with van der Waals surface area (Å²) in [6.45, 7) is 6.32. The van der Waals surface area contributed by atoms with Crippen LogP contribution in [0.2, 0.25) is 0 Å². The molecule has 1 aromatic carbocycles. The van der Waals surface area contributed by atoms with Crippen LogP contribution in [0.15, 0.2) is 12.1 Å². The Morgan fingerprint density at radius 1 is 1.35 bits per heavy atom. The van der Waals surface area contributed by atoms with E-state index < -0.39 is 34.0 Å². The zero-order chi connectivity index (χ0) is 20.4. The third kappa shape index (κ3) is 5.24. The van der Waals surface area contributed by atoms with Crippen molar-refractivity contribution in [1.29, 1.82) is 0 Å². The molecule has 2 N–H and O–H groups in total. The second kappa shape index (κ2) is 7.38. The molecular formula is C16H22F3N3O4. The van der Waals surface area contributed by atoms with Crippen molar-refractivity contribution in [2.75, 3.05) is 11.9 Å². The first kappa shape index (κ1) is 21.5. The van der Waals surface area contributed by atoms with Crippen molar-refractivity contribution in [3.05, 3.63) is 33.4 Å². The molecule has 0 unspecified atom stereocenters. The largest absolute Gasteiger partial charge is 0.443 e. The number of hydrogen-bond acceptors (Lipinski definition) is 5. The van der Waals surface area contributed by atoms with Crippen LogP contribution in [0.3, 0.4) is 0 Å². The van der Waals surface area contributed by atoms with Gasteiger partial charge in [0.1, 0.15) is 5.60 Å². The van der Waals surface area contributed by atoms with Gasteiger partial charge in [0.25, 0.3) is 5.69 Å². The molecule has 146 valence electrons. The van der Waals surface area contributed by atoms with Crippen molar-refractivity contribution in [1.82, 2.24) is 0 Å². The predicted octanol–water partition coefficient (Wildman–Crippen LogP) is 3.87. The summed E-state index contributed by atoms with van der Waals surface area (Å²) in [4.78, 5) is 22.8. The lowest BCUT2D eigenvalue weighted by Gasteiger charge is -2.29. The van der Waals surface area contributed by atoms with Crippen molar-refractivity contribution < 1.29 is 27.6 Å². The van der Waals surface area contributed by atoms with Crippen molar-refractivity contribution in [2.24, 2.45) is 5.73 Å². The Morgan fingerprint density at radius 2 is 1.88 bits per heavy atom. The summed E-state index contributed by atoms with van der Waals surface area (Å²) < 4.78 is 45.2. The van der Waals surface area contributed by atoms with E-state index in [1.165, 1.54) is 25.8 Å². The molecule has 0 spiro atoms. The number of nitrogens with zero attached hydrogens (tertiary/aromatic N) is 2. The molecule has 1 amide bonds. The number of carbonyl (C=O) groups is 1. The van der Waals surface area contributed by atoms with Gasteiger partial charge in [0.2, 0.25) is 0 Å². The third-order valence-electron chi connectivity index (χ3n) is 3.85. The number of benzene rings is 1. The third-order valence-corrected chi connectivity index (χ3v) is 3.85. The number of nitro groups is 1. The molecule has 0 aliphatic rings. The maximum absolute atomic E-state index is 13.4. The van der Waals surface area contributed by atoms with Crippen LogP contribution in [0.4, 0.5) is 29.3 Å². The molecule has 0 aliphatic carbocycles. The van der Waals surface area contributed by atoms with Gasteiger partial charge in [-0.3, -0.25) is 10.1 Å². The SMILES string of the molecule is CC(C)N(C)c1cc(CC(C)(C)OC(N)=O)c([N+](=O)[O-])cc1C(F)(F)F. The zero-order valence-electron chi connectivity index (χ0n) is 15.2. The lowest BCUT2D eigenvalue weighted by atomic mass is 9.94. The lowest BCUT2D eigenvalue weighted by Crippen LogP contribution is -2.34. The molecule has 0 aromatic heterocycles. The number of nitro benzene ring substituents is 1. The number of anilines is 1. The minimum Gasteiger partial charge on any atom is -0.443 e. The zero-order valence-corrected chi connectivity index (χ0v) is 15.2. The average molecular weight is 377 g/mol. The highest BCUT2D eigenvalue weighted by Crippen LogP contribution is 2.41. The highest BCUT2D eigenvalue weighted by Gasteiger charge is 2.38. The predicted molar refractivity (Wildman–Crippen MR) is 90.1 cm³/mol. The molecule has 0 saturated carbocycles. The van der Waals surface area contributed by atoms with Crippen LogP contribution < -0.4 is 10.6 Å². The van der Waals surface area contributed by atoms with Gasteiger partial charge in [-0.15, -0.1) is 0 Å². The van der Waals surface area contributed by atoms with Crippen molar-refractivity contribution >= 4 is 17.5 Å². The van der Waals surface area contributed by atoms with Gasteiger partial charge in [-0.2, -0.15) is 13.2 Å². The van der Waals surface area contributed by atoms with E-state index in [-0.39, 0.29) is 23.7 Å². The fraction of sp³-hybridized carbons (Fsp3) is 0.562. The standard InChI is InChI=1S/C16H22F3N3O4/c1-9(2)21(5)13-6-10(8-15(3,4)26-14(20)23)12(22(24)25)7-11(13)16(17,18)19/h6-7,9H,8H2,1-5H3,(H2,20,23). The van der Waals surface area contributed by atoms with E-state index in [1.807, 2.05) is 0 Å². The highest BCUT2D eigenvalue weighted by atomic mass is 19.4. The molecule has 10 heteroatoms. The topological polar surface area (TPSA) is 98.7 Å². The summed E-state index contributed by atoms with van der Waals surface area (Å²) in [6.07, 6.45) is -6.02. The van der Waals surface area contributed by atoms with Gasteiger partial charge in [-0.1, -0.05) is 0 Å². The first-order valence-corrected chi connectivity index (χ1v) is 7.75. The van der Waals surface area contributed by atoms with Crippen LogP contribution in [0.1, 0.15) is 38.8 Å². The fourth-order valence-electron chi connectivity index (χ4n) is 2.50. The molecule has 7 nitrogen and oxygen atoms in total. The first-order valence-electron chi connectivity index (χ1n) is 7.75. The van der Waals surface area contributed by atoms with E-state index >= 15 is 0 Å². The Morgan fingerprint density at radius 3 is 2.27 bits per heavy atom. The maximum atomic E-state index is 13.4. The van der Waals surface area contributed by atoms with Gasteiger partial charge < -0.3 is 15.4 Å². The minimum atomic E-state index is -4.76. The highest BCUT2D eigenvalue weighted by molar-refractivity contribution is 5.66. The second-order valence-electron chi connectivity index (χ2n) is 6.82. The van der Waals surface area contributed by atoms with Gasteiger partial charge in [0.05, 0.1) is 10.5 Å². The number of amides is 1. The Hall–Kier alpha value is -2.52. The molecule has 26 heavy (non-hydrogen) atoms. The monoisotopic (exact) mass is 377 g/mol. The van der Waals surface area contributed by atoms with Crippen LogP contribution in [0, 0.1) is 10.1 Å². The summed E-state index contributed by atoms with van der Waals surface area (Å²) in [7, 11) is 1.47. The molecule has 1 rings (SSSR count). The van der Waals surface area contributed by atoms with Crippen molar-refractivity contribution in [3.63, 3.8) is 0 Å². The van der Waals surface area contributed by atoms with Crippen molar-refractivity contribution in [2.45, 2.75) is 51.9 Å². The Labute approximate surface area is 149 Å². The first-order chi connectivity index (χ1) is 11.7.